The lowest BCUT2D eigenvalue weighted by Gasteiger charge is -2.19. The van der Waals surface area contributed by atoms with E-state index in [-0.39, 0.29) is 18.0 Å². The molecular formula is C15H26F2N2O2. The molecule has 2 N–H and O–H groups in total. The molecule has 0 radical (unpaired) electrons. The van der Waals surface area contributed by atoms with Gasteiger partial charge in [-0.1, -0.05) is 20.3 Å². The predicted molar refractivity (Wildman–Crippen MR) is 79.1 cm³/mol. The maximum absolute atomic E-state index is 13.8. The van der Waals surface area contributed by atoms with Gasteiger partial charge in [-0.15, -0.1) is 0 Å². The largest absolute Gasteiger partial charge is 0.349 e. The molecular weight excluding hydrogens is 278 g/mol. The highest BCUT2D eigenvalue weighted by Gasteiger charge is 2.25. The second-order valence-electron chi connectivity index (χ2n) is 5.60. The Morgan fingerprint density at radius 3 is 2.24 bits per heavy atom. The first kappa shape index (κ1) is 19.5. The predicted octanol–water partition coefficient (Wildman–Crippen LogP) is 2.65. The molecule has 0 aliphatic heterocycles. The van der Waals surface area contributed by atoms with Crippen LogP contribution in [0.3, 0.4) is 0 Å². The molecule has 0 saturated heterocycles. The third-order valence-corrected chi connectivity index (χ3v) is 3.09. The second-order valence-corrected chi connectivity index (χ2v) is 5.60. The van der Waals surface area contributed by atoms with E-state index in [1.807, 2.05) is 6.92 Å². The van der Waals surface area contributed by atoms with Crippen LogP contribution in [0.4, 0.5) is 8.78 Å². The van der Waals surface area contributed by atoms with Gasteiger partial charge >= 0.3 is 0 Å². The van der Waals surface area contributed by atoms with Gasteiger partial charge in [0.05, 0.1) is 0 Å². The van der Waals surface area contributed by atoms with Crippen LogP contribution in [0.15, 0.2) is 11.4 Å². The lowest BCUT2D eigenvalue weighted by molar-refractivity contribution is -0.128. The molecule has 21 heavy (non-hydrogen) atoms. The summed E-state index contributed by atoms with van der Waals surface area (Å²) in [6.07, 6.45) is -0.133. The highest BCUT2D eigenvalue weighted by Crippen LogP contribution is 2.14. The van der Waals surface area contributed by atoms with Crippen molar-refractivity contribution in [2.24, 2.45) is 5.92 Å². The van der Waals surface area contributed by atoms with Crippen LogP contribution in [0, 0.1) is 5.92 Å². The van der Waals surface area contributed by atoms with E-state index in [9.17, 15) is 18.4 Å². The standard InChI is InChI=1S/C15H26F2N2O2/c1-6-7-10(4)13(17)15(21)19-11(5)8-18-14(20)12(16)9(2)3/h10-11,13H,6-8H2,1-5H3,(H,18,20)(H,19,21). The quantitative estimate of drug-likeness (QED) is 0.677. The lowest BCUT2D eigenvalue weighted by Crippen LogP contribution is -2.46. The molecule has 2 amide bonds. The third-order valence-electron chi connectivity index (χ3n) is 3.09. The van der Waals surface area contributed by atoms with Gasteiger partial charge in [0.1, 0.15) is 0 Å². The van der Waals surface area contributed by atoms with Gasteiger partial charge in [-0.3, -0.25) is 9.59 Å². The van der Waals surface area contributed by atoms with Crippen molar-refractivity contribution in [1.29, 1.82) is 0 Å². The van der Waals surface area contributed by atoms with Gasteiger partial charge in [-0.2, -0.15) is 0 Å². The van der Waals surface area contributed by atoms with E-state index in [4.69, 9.17) is 0 Å². The van der Waals surface area contributed by atoms with E-state index in [0.29, 0.717) is 6.42 Å². The summed E-state index contributed by atoms with van der Waals surface area (Å²) in [5, 5.41) is 4.83. The molecule has 3 unspecified atom stereocenters. The molecule has 0 aliphatic carbocycles. The van der Waals surface area contributed by atoms with E-state index in [2.05, 4.69) is 10.6 Å². The maximum atomic E-state index is 13.8. The van der Waals surface area contributed by atoms with Gasteiger partial charge in [-0.25, -0.2) is 8.78 Å². The van der Waals surface area contributed by atoms with Crippen LogP contribution in [0.1, 0.15) is 47.5 Å². The van der Waals surface area contributed by atoms with Gasteiger partial charge in [0.15, 0.2) is 12.0 Å². The fourth-order valence-corrected chi connectivity index (χ4v) is 1.78. The SMILES string of the molecule is CCCC(C)C(F)C(=O)NC(C)CNC(=O)C(F)=C(C)C. The average molecular weight is 304 g/mol. The Morgan fingerprint density at radius 2 is 1.76 bits per heavy atom. The summed E-state index contributed by atoms with van der Waals surface area (Å²) in [5.41, 5.74) is 0.279. The topological polar surface area (TPSA) is 58.2 Å². The zero-order valence-electron chi connectivity index (χ0n) is 13.4. The van der Waals surface area contributed by atoms with Crippen LogP contribution >= 0.6 is 0 Å². The molecule has 0 fully saturated rings. The number of carbonyl (C=O) groups is 2. The summed E-state index contributed by atoms with van der Waals surface area (Å²) in [5.74, 6) is -2.71. The first-order valence-electron chi connectivity index (χ1n) is 7.26. The summed E-state index contributed by atoms with van der Waals surface area (Å²) in [4.78, 5) is 23.0. The summed E-state index contributed by atoms with van der Waals surface area (Å²) >= 11 is 0. The van der Waals surface area contributed by atoms with E-state index in [0.717, 1.165) is 6.42 Å². The zero-order valence-corrected chi connectivity index (χ0v) is 13.4. The van der Waals surface area contributed by atoms with Crippen molar-refractivity contribution >= 4 is 11.8 Å². The molecule has 0 aliphatic rings. The fraction of sp³-hybridized carbons (Fsp3) is 0.733. The summed E-state index contributed by atoms with van der Waals surface area (Å²) in [6, 6.07) is -0.474. The van der Waals surface area contributed by atoms with Gasteiger partial charge in [-0.05, 0) is 38.7 Å². The Bertz CT molecular complexity index is 393. The first-order valence-corrected chi connectivity index (χ1v) is 7.26. The fourth-order valence-electron chi connectivity index (χ4n) is 1.78. The molecule has 4 nitrogen and oxygen atoms in total. The highest BCUT2D eigenvalue weighted by molar-refractivity contribution is 5.91. The molecule has 122 valence electrons. The molecule has 0 aromatic heterocycles. The number of rotatable bonds is 8. The second kappa shape index (κ2) is 9.47. The minimum absolute atomic E-state index is 0.0418. The van der Waals surface area contributed by atoms with Crippen LogP contribution in [0.25, 0.3) is 0 Å². The highest BCUT2D eigenvalue weighted by atomic mass is 19.1. The number of halogens is 2. The number of alkyl halides is 1. The van der Waals surface area contributed by atoms with Gasteiger partial charge in [0.2, 0.25) is 0 Å². The van der Waals surface area contributed by atoms with Crippen LogP contribution in [-0.4, -0.2) is 30.6 Å². The number of allylic oxidation sites excluding steroid dienone is 1. The monoisotopic (exact) mass is 304 g/mol. The number of hydrogen-bond donors (Lipinski definition) is 2. The van der Waals surface area contributed by atoms with Crippen molar-refractivity contribution in [1.82, 2.24) is 10.6 Å². The van der Waals surface area contributed by atoms with E-state index in [1.54, 1.807) is 13.8 Å². The summed E-state index contributed by atoms with van der Waals surface area (Å²) in [6.45, 7) is 8.25. The molecule has 0 aromatic rings. The maximum Gasteiger partial charge on any atom is 0.280 e. The van der Waals surface area contributed by atoms with Crippen molar-refractivity contribution in [2.75, 3.05) is 6.54 Å². The summed E-state index contributed by atoms with van der Waals surface area (Å²) in [7, 11) is 0. The molecule has 3 atom stereocenters. The minimum atomic E-state index is -1.57. The van der Waals surface area contributed by atoms with Crippen LogP contribution < -0.4 is 10.6 Å². The number of hydrogen-bond acceptors (Lipinski definition) is 2. The number of nitrogens with one attached hydrogen (secondary N) is 2. The lowest BCUT2D eigenvalue weighted by atomic mass is 10.00. The molecule has 0 saturated carbocycles. The van der Waals surface area contributed by atoms with Crippen molar-refractivity contribution in [3.63, 3.8) is 0 Å². The van der Waals surface area contributed by atoms with Crippen molar-refractivity contribution in [3.8, 4) is 0 Å². The van der Waals surface area contributed by atoms with Crippen molar-refractivity contribution < 1.29 is 18.4 Å². The smallest absolute Gasteiger partial charge is 0.280 e. The number of amides is 2. The molecule has 0 rings (SSSR count). The third kappa shape index (κ3) is 7.20. The molecule has 6 heteroatoms. The van der Waals surface area contributed by atoms with Crippen LogP contribution in [0.2, 0.25) is 0 Å². The minimum Gasteiger partial charge on any atom is -0.349 e. The first-order chi connectivity index (χ1) is 9.70. The van der Waals surface area contributed by atoms with Gasteiger partial charge < -0.3 is 10.6 Å². The Kier molecular flexibility index (Phi) is 8.81. The van der Waals surface area contributed by atoms with Crippen molar-refractivity contribution in [3.05, 3.63) is 11.4 Å². The summed E-state index contributed by atoms with van der Waals surface area (Å²) < 4.78 is 27.1. The molecule has 0 aromatic carbocycles. The Hall–Kier alpha value is -1.46. The molecule has 0 bridgehead atoms. The Balaban J connectivity index is 4.26. The normalized spacial score (nSPS) is 14.8. The molecule has 0 spiro atoms. The van der Waals surface area contributed by atoms with Gasteiger partial charge in [0.25, 0.3) is 11.8 Å². The van der Waals surface area contributed by atoms with Crippen LogP contribution in [-0.2, 0) is 9.59 Å². The average Bonchev–Trinajstić information content (AvgIpc) is 2.42. The van der Waals surface area contributed by atoms with Crippen molar-refractivity contribution in [2.45, 2.75) is 59.7 Å². The zero-order chi connectivity index (χ0) is 16.6. The van der Waals surface area contributed by atoms with E-state index >= 15 is 0 Å². The van der Waals surface area contributed by atoms with Gasteiger partial charge in [0, 0.05) is 12.6 Å². The molecule has 0 heterocycles. The van der Waals surface area contributed by atoms with Crippen LogP contribution in [0.5, 0.6) is 0 Å². The number of carbonyl (C=O) groups excluding carboxylic acids is 2. The van der Waals surface area contributed by atoms with E-state index in [1.165, 1.54) is 13.8 Å². The van der Waals surface area contributed by atoms with E-state index < -0.39 is 29.9 Å². The Labute approximate surface area is 125 Å². The Morgan fingerprint density at radius 1 is 1.19 bits per heavy atom.